The zero-order chi connectivity index (χ0) is 13.5. The average molecular weight is 318 g/mol. The van der Waals surface area contributed by atoms with Crippen molar-refractivity contribution >= 4 is 27.6 Å². The van der Waals surface area contributed by atoms with E-state index in [1.54, 1.807) is 20.3 Å². The van der Waals surface area contributed by atoms with E-state index < -0.39 is 4.83 Å². The minimum atomic E-state index is -0.403. The number of hydrogen-bond acceptors (Lipinski definition) is 5. The molecule has 6 heteroatoms. The summed E-state index contributed by atoms with van der Waals surface area (Å²) >= 11 is 3.23. The maximum Gasteiger partial charge on any atom is 0.321 e. The van der Waals surface area contributed by atoms with Gasteiger partial charge in [-0.15, -0.1) is 0 Å². The van der Waals surface area contributed by atoms with Gasteiger partial charge in [0.15, 0.2) is 0 Å². The zero-order valence-corrected chi connectivity index (χ0v) is 12.1. The maximum absolute atomic E-state index is 11.2. The largest absolute Gasteiger partial charge is 0.497 e. The molecule has 100 valence electrons. The Kier molecular flexibility index (Phi) is 5.77. The Morgan fingerprint density at radius 2 is 1.78 bits per heavy atom. The van der Waals surface area contributed by atoms with Crippen molar-refractivity contribution in [2.75, 3.05) is 33.2 Å². The van der Waals surface area contributed by atoms with E-state index in [-0.39, 0.29) is 5.97 Å². The second-order valence-corrected chi connectivity index (χ2v) is 4.58. The molecule has 0 saturated heterocycles. The Morgan fingerprint density at radius 3 is 2.22 bits per heavy atom. The van der Waals surface area contributed by atoms with Crippen LogP contribution >= 0.6 is 15.9 Å². The third-order valence-electron chi connectivity index (χ3n) is 2.29. The summed E-state index contributed by atoms with van der Waals surface area (Å²) in [4.78, 5) is 10.8. The number of carbonyl (C=O) groups is 1. The zero-order valence-electron chi connectivity index (χ0n) is 10.5. The number of carbonyl (C=O) groups excluding carboxylic acids is 1. The van der Waals surface area contributed by atoms with Gasteiger partial charge in [-0.05, 0) is 0 Å². The highest BCUT2D eigenvalue weighted by Crippen LogP contribution is 2.25. The van der Waals surface area contributed by atoms with Crippen molar-refractivity contribution < 1.29 is 19.0 Å². The summed E-state index contributed by atoms with van der Waals surface area (Å²) in [6.07, 6.45) is 0. The van der Waals surface area contributed by atoms with Gasteiger partial charge < -0.3 is 19.5 Å². The third kappa shape index (κ3) is 4.10. The summed E-state index contributed by atoms with van der Waals surface area (Å²) in [5.74, 6) is 1.04. The number of alkyl halides is 1. The van der Waals surface area contributed by atoms with E-state index in [2.05, 4.69) is 26.0 Å². The molecule has 1 unspecified atom stereocenters. The lowest BCUT2D eigenvalue weighted by Crippen LogP contribution is -2.24. The molecular weight excluding hydrogens is 302 g/mol. The van der Waals surface area contributed by atoms with Gasteiger partial charge in [-0.25, -0.2) is 0 Å². The van der Waals surface area contributed by atoms with Crippen molar-refractivity contribution in [1.82, 2.24) is 0 Å². The predicted octanol–water partition coefficient (Wildman–Crippen LogP) is 2.05. The fourth-order valence-electron chi connectivity index (χ4n) is 1.33. The van der Waals surface area contributed by atoms with Crippen LogP contribution in [-0.4, -0.2) is 38.7 Å². The summed E-state index contributed by atoms with van der Waals surface area (Å²) < 4.78 is 14.9. The van der Waals surface area contributed by atoms with Gasteiger partial charge in [0.25, 0.3) is 0 Å². The van der Waals surface area contributed by atoms with Crippen molar-refractivity contribution in [2.45, 2.75) is 4.83 Å². The molecule has 0 radical (unpaired) electrons. The number of methoxy groups -OCH3 is 3. The van der Waals surface area contributed by atoms with Crippen LogP contribution in [-0.2, 0) is 9.53 Å². The Labute approximate surface area is 115 Å². The van der Waals surface area contributed by atoms with E-state index in [1.165, 1.54) is 7.11 Å². The van der Waals surface area contributed by atoms with Crippen LogP contribution in [0.4, 0.5) is 5.69 Å². The lowest BCUT2D eigenvalue weighted by Gasteiger charge is -2.12. The van der Waals surface area contributed by atoms with Crippen LogP contribution in [0.15, 0.2) is 18.2 Å². The molecule has 0 aliphatic rings. The van der Waals surface area contributed by atoms with E-state index >= 15 is 0 Å². The lowest BCUT2D eigenvalue weighted by molar-refractivity contribution is -0.139. The van der Waals surface area contributed by atoms with Crippen LogP contribution in [0.1, 0.15) is 0 Å². The number of hydrogen-bond donors (Lipinski definition) is 1. The first kappa shape index (κ1) is 14.6. The maximum atomic E-state index is 11.2. The van der Waals surface area contributed by atoms with E-state index in [1.807, 2.05) is 12.1 Å². The first-order chi connectivity index (χ1) is 8.60. The molecule has 0 aliphatic heterocycles. The summed E-state index contributed by atoms with van der Waals surface area (Å²) in [7, 11) is 4.52. The Hall–Kier alpha value is -1.43. The molecule has 1 aromatic rings. The first-order valence-electron chi connectivity index (χ1n) is 5.29. The molecule has 0 heterocycles. The Balaban J connectivity index is 2.69. The number of nitrogens with one attached hydrogen (secondary N) is 1. The van der Waals surface area contributed by atoms with E-state index in [4.69, 9.17) is 9.47 Å². The van der Waals surface area contributed by atoms with Crippen molar-refractivity contribution in [2.24, 2.45) is 0 Å². The van der Waals surface area contributed by atoms with E-state index in [0.717, 1.165) is 5.69 Å². The SMILES string of the molecule is COC(=O)C(Br)CNc1cc(OC)cc(OC)c1. The van der Waals surface area contributed by atoms with Crippen molar-refractivity contribution in [3.8, 4) is 11.5 Å². The van der Waals surface area contributed by atoms with Crippen LogP contribution in [0.25, 0.3) is 0 Å². The first-order valence-corrected chi connectivity index (χ1v) is 6.21. The summed E-state index contributed by atoms with van der Waals surface area (Å²) in [5, 5.41) is 3.10. The second kappa shape index (κ2) is 7.10. The van der Waals surface area contributed by atoms with Gasteiger partial charge in [0, 0.05) is 30.4 Å². The molecule has 0 spiro atoms. The molecule has 0 amide bonds. The molecule has 1 atom stereocenters. The summed E-state index contributed by atoms with van der Waals surface area (Å²) in [5.41, 5.74) is 0.805. The number of ether oxygens (including phenoxy) is 3. The summed E-state index contributed by atoms with van der Waals surface area (Å²) in [6.45, 7) is 0.406. The van der Waals surface area contributed by atoms with Crippen molar-refractivity contribution in [3.05, 3.63) is 18.2 Å². The number of anilines is 1. The van der Waals surface area contributed by atoms with Gasteiger partial charge in [0.1, 0.15) is 16.3 Å². The molecule has 18 heavy (non-hydrogen) atoms. The standard InChI is InChI=1S/C12H16BrNO4/c1-16-9-4-8(5-10(6-9)17-2)14-7-11(13)12(15)18-3/h4-6,11,14H,7H2,1-3H3. The van der Waals surface area contributed by atoms with Crippen LogP contribution in [0.3, 0.4) is 0 Å². The van der Waals surface area contributed by atoms with Crippen LogP contribution in [0.2, 0.25) is 0 Å². The molecule has 0 bridgehead atoms. The Bertz CT molecular complexity index is 389. The molecule has 0 aliphatic carbocycles. The smallest absolute Gasteiger partial charge is 0.321 e. The number of halogens is 1. The highest BCUT2D eigenvalue weighted by molar-refractivity contribution is 9.10. The second-order valence-electron chi connectivity index (χ2n) is 3.47. The van der Waals surface area contributed by atoms with Crippen molar-refractivity contribution in [3.63, 3.8) is 0 Å². The molecule has 1 rings (SSSR count). The number of benzene rings is 1. The molecule has 1 N–H and O–H groups in total. The predicted molar refractivity (Wildman–Crippen MR) is 72.8 cm³/mol. The number of rotatable bonds is 6. The highest BCUT2D eigenvalue weighted by atomic mass is 79.9. The fourth-order valence-corrected chi connectivity index (χ4v) is 1.68. The quantitative estimate of drug-likeness (QED) is 0.643. The molecular formula is C12H16BrNO4. The van der Waals surface area contributed by atoms with Gasteiger partial charge in [-0.2, -0.15) is 0 Å². The van der Waals surface area contributed by atoms with Gasteiger partial charge in [-0.1, -0.05) is 15.9 Å². The minimum Gasteiger partial charge on any atom is -0.497 e. The topological polar surface area (TPSA) is 56.8 Å². The monoisotopic (exact) mass is 317 g/mol. The normalized spacial score (nSPS) is 11.6. The lowest BCUT2D eigenvalue weighted by atomic mass is 10.2. The van der Waals surface area contributed by atoms with Crippen LogP contribution < -0.4 is 14.8 Å². The minimum absolute atomic E-state index is 0.322. The summed E-state index contributed by atoms with van der Waals surface area (Å²) in [6, 6.07) is 5.41. The molecule has 0 saturated carbocycles. The number of esters is 1. The van der Waals surface area contributed by atoms with Gasteiger partial charge >= 0.3 is 5.97 Å². The third-order valence-corrected chi connectivity index (χ3v) is 2.99. The molecule has 0 fully saturated rings. The molecule has 1 aromatic carbocycles. The van der Waals surface area contributed by atoms with E-state index in [0.29, 0.717) is 18.0 Å². The fraction of sp³-hybridized carbons (Fsp3) is 0.417. The van der Waals surface area contributed by atoms with Crippen molar-refractivity contribution in [1.29, 1.82) is 0 Å². The van der Waals surface area contributed by atoms with E-state index in [9.17, 15) is 4.79 Å². The molecule has 5 nitrogen and oxygen atoms in total. The molecule has 0 aromatic heterocycles. The van der Waals surface area contributed by atoms with Crippen LogP contribution in [0, 0.1) is 0 Å². The van der Waals surface area contributed by atoms with Gasteiger partial charge in [-0.3, -0.25) is 4.79 Å². The highest BCUT2D eigenvalue weighted by Gasteiger charge is 2.14. The average Bonchev–Trinajstić information content (AvgIpc) is 2.43. The van der Waals surface area contributed by atoms with Gasteiger partial charge in [0.2, 0.25) is 0 Å². The Morgan fingerprint density at radius 1 is 1.22 bits per heavy atom. The van der Waals surface area contributed by atoms with Crippen LogP contribution in [0.5, 0.6) is 11.5 Å². The van der Waals surface area contributed by atoms with Gasteiger partial charge in [0.05, 0.1) is 21.3 Å².